The van der Waals surface area contributed by atoms with Crippen LogP contribution in [-0.4, -0.2) is 22.5 Å². The van der Waals surface area contributed by atoms with Crippen LogP contribution in [0.5, 0.6) is 0 Å². The summed E-state index contributed by atoms with van der Waals surface area (Å²) in [5.41, 5.74) is 6.49. The molecule has 0 atom stereocenters. The van der Waals surface area contributed by atoms with Crippen molar-refractivity contribution in [1.82, 2.24) is 0 Å². The van der Waals surface area contributed by atoms with Crippen LogP contribution < -0.4 is 5.73 Å². The Kier molecular flexibility index (Phi) is 6.74. The van der Waals surface area contributed by atoms with Gasteiger partial charge in [-0.15, -0.1) is 0 Å². The SMILES string of the molecule is NCc1cc[c]cc1.[O]=[Sn]. The van der Waals surface area contributed by atoms with E-state index in [1.54, 1.807) is 0 Å². The molecule has 0 heterocycles. The molecule has 2 nitrogen and oxygen atoms in total. The zero-order valence-corrected chi connectivity index (χ0v) is 8.36. The first-order valence-corrected chi connectivity index (χ1v) is 3.95. The Bertz CT molecular complexity index is 167. The van der Waals surface area contributed by atoms with E-state index < -0.39 is 0 Å². The van der Waals surface area contributed by atoms with Gasteiger partial charge in [0.15, 0.2) is 0 Å². The fourth-order valence-corrected chi connectivity index (χ4v) is 0.557. The van der Waals surface area contributed by atoms with Crippen molar-refractivity contribution < 1.29 is 3.08 Å². The van der Waals surface area contributed by atoms with Crippen molar-refractivity contribution in [3.63, 3.8) is 0 Å². The average Bonchev–Trinajstić information content (AvgIpc) is 2.10. The van der Waals surface area contributed by atoms with E-state index in [1.807, 2.05) is 24.3 Å². The van der Waals surface area contributed by atoms with E-state index in [9.17, 15) is 0 Å². The van der Waals surface area contributed by atoms with Gasteiger partial charge in [-0.1, -0.05) is 24.3 Å². The Labute approximate surface area is 73.9 Å². The van der Waals surface area contributed by atoms with Crippen LogP contribution in [0.4, 0.5) is 0 Å². The zero-order chi connectivity index (χ0) is 7.82. The van der Waals surface area contributed by atoms with Crippen LogP contribution in [-0.2, 0) is 9.62 Å². The third kappa shape index (κ3) is 3.74. The molecule has 0 saturated carbocycles. The summed E-state index contributed by atoms with van der Waals surface area (Å²) in [6.07, 6.45) is 0. The Morgan fingerprint density at radius 2 is 1.90 bits per heavy atom. The van der Waals surface area contributed by atoms with E-state index in [1.165, 1.54) is 0 Å². The Balaban J connectivity index is 0.000000371. The molecular formula is C7H8NOSn. The van der Waals surface area contributed by atoms with Crippen LogP contribution >= 0.6 is 0 Å². The van der Waals surface area contributed by atoms with Crippen molar-refractivity contribution in [3.8, 4) is 0 Å². The van der Waals surface area contributed by atoms with Crippen LogP contribution in [0.25, 0.3) is 0 Å². The number of nitrogens with two attached hydrogens (primary N) is 1. The van der Waals surface area contributed by atoms with Gasteiger partial charge < -0.3 is 5.73 Å². The van der Waals surface area contributed by atoms with E-state index in [4.69, 9.17) is 8.81 Å². The van der Waals surface area contributed by atoms with Gasteiger partial charge in [0, 0.05) is 6.54 Å². The predicted molar refractivity (Wildman–Crippen MR) is 39.6 cm³/mol. The quantitative estimate of drug-likeness (QED) is 0.725. The van der Waals surface area contributed by atoms with Crippen molar-refractivity contribution in [2.24, 2.45) is 5.73 Å². The van der Waals surface area contributed by atoms with Crippen molar-refractivity contribution in [3.05, 3.63) is 35.9 Å². The van der Waals surface area contributed by atoms with Gasteiger partial charge in [-0.05, 0) is 11.6 Å². The van der Waals surface area contributed by atoms with Crippen LogP contribution in [0.2, 0.25) is 0 Å². The standard InChI is InChI=1S/C7H8N.O.Sn/c8-6-7-4-2-1-3-5-7;;/h2-5H,6,8H2;;. The molecule has 0 aliphatic rings. The summed E-state index contributed by atoms with van der Waals surface area (Å²) in [6.45, 7) is 0.620. The first-order chi connectivity index (χ1) is 4.93. The Hall–Kier alpha value is -0.221. The van der Waals surface area contributed by atoms with Crippen LogP contribution in [0, 0.1) is 6.07 Å². The topological polar surface area (TPSA) is 43.1 Å². The summed E-state index contributed by atoms with van der Waals surface area (Å²) in [4.78, 5) is 0. The summed E-state index contributed by atoms with van der Waals surface area (Å²) in [5.74, 6) is 0. The number of hydrogen-bond acceptors (Lipinski definition) is 2. The monoisotopic (exact) mass is 242 g/mol. The van der Waals surface area contributed by atoms with Gasteiger partial charge in [-0.25, -0.2) is 0 Å². The molecular weight excluding hydrogens is 233 g/mol. The second kappa shape index (κ2) is 6.89. The van der Waals surface area contributed by atoms with Gasteiger partial charge in [-0.2, -0.15) is 0 Å². The van der Waals surface area contributed by atoms with Crippen LogP contribution in [0.1, 0.15) is 5.56 Å². The van der Waals surface area contributed by atoms with Crippen molar-refractivity contribution in [1.29, 1.82) is 0 Å². The summed E-state index contributed by atoms with van der Waals surface area (Å²) < 4.78 is 8.34. The first kappa shape index (κ1) is 9.78. The van der Waals surface area contributed by atoms with E-state index >= 15 is 0 Å². The van der Waals surface area contributed by atoms with Gasteiger partial charge in [0.25, 0.3) is 0 Å². The molecule has 0 saturated heterocycles. The molecule has 0 bridgehead atoms. The molecule has 0 aromatic heterocycles. The normalized spacial score (nSPS) is 7.70. The second-order valence-corrected chi connectivity index (χ2v) is 1.61. The molecule has 3 radical (unpaired) electrons. The molecule has 0 aliphatic heterocycles. The molecule has 0 amide bonds. The second-order valence-electron chi connectivity index (χ2n) is 1.61. The molecule has 1 aromatic rings. The van der Waals surface area contributed by atoms with Crippen LogP contribution in [0.15, 0.2) is 24.3 Å². The predicted octanol–water partition coefficient (Wildman–Crippen LogP) is 0.446. The van der Waals surface area contributed by atoms with Gasteiger partial charge in [0.1, 0.15) is 0 Å². The van der Waals surface area contributed by atoms with Gasteiger partial charge in [0.2, 0.25) is 0 Å². The van der Waals surface area contributed by atoms with Gasteiger partial charge in [0.05, 0.1) is 0 Å². The molecule has 1 aromatic carbocycles. The number of benzene rings is 1. The maximum absolute atomic E-state index is 8.34. The summed E-state index contributed by atoms with van der Waals surface area (Å²) in [7, 11) is 0. The molecule has 0 spiro atoms. The minimum atomic E-state index is 0.300. The molecule has 10 heavy (non-hydrogen) atoms. The fourth-order valence-electron chi connectivity index (χ4n) is 0.557. The molecule has 0 aliphatic carbocycles. The summed E-state index contributed by atoms with van der Waals surface area (Å²) >= 11 is 0.300. The van der Waals surface area contributed by atoms with E-state index in [0.717, 1.165) is 5.56 Å². The van der Waals surface area contributed by atoms with E-state index in [0.29, 0.717) is 29.1 Å². The average molecular weight is 241 g/mol. The molecule has 2 N–H and O–H groups in total. The maximum atomic E-state index is 8.34. The first-order valence-electron chi connectivity index (χ1n) is 2.79. The molecule has 0 fully saturated rings. The third-order valence-corrected chi connectivity index (χ3v) is 1.02. The van der Waals surface area contributed by atoms with E-state index in [-0.39, 0.29) is 0 Å². The molecule has 0 unspecified atom stereocenters. The summed E-state index contributed by atoms with van der Waals surface area (Å²) in [6, 6.07) is 10.6. The van der Waals surface area contributed by atoms with Crippen molar-refractivity contribution in [2.75, 3.05) is 0 Å². The molecule has 3 heteroatoms. The third-order valence-electron chi connectivity index (χ3n) is 1.02. The summed E-state index contributed by atoms with van der Waals surface area (Å²) in [5, 5.41) is 0. The van der Waals surface area contributed by atoms with E-state index in [2.05, 4.69) is 6.07 Å². The fraction of sp³-hybridized carbons (Fsp3) is 0.143. The zero-order valence-electron chi connectivity index (χ0n) is 5.50. The number of rotatable bonds is 1. The van der Waals surface area contributed by atoms with Gasteiger partial charge >= 0.3 is 25.6 Å². The van der Waals surface area contributed by atoms with Gasteiger partial charge in [-0.3, -0.25) is 0 Å². The number of hydrogen-bond donors (Lipinski definition) is 1. The Morgan fingerprint density at radius 1 is 1.40 bits per heavy atom. The Morgan fingerprint density at radius 3 is 2.20 bits per heavy atom. The molecule has 1 rings (SSSR count). The van der Waals surface area contributed by atoms with Crippen molar-refractivity contribution >= 4 is 22.5 Å². The minimum absolute atomic E-state index is 0.300. The molecule has 51 valence electrons. The van der Waals surface area contributed by atoms with Crippen molar-refractivity contribution in [2.45, 2.75) is 6.54 Å². The van der Waals surface area contributed by atoms with Crippen LogP contribution in [0.3, 0.4) is 0 Å².